The summed E-state index contributed by atoms with van der Waals surface area (Å²) in [6.45, 7) is 2.11. The molecule has 1 unspecified atom stereocenters. The van der Waals surface area contributed by atoms with Crippen LogP contribution < -0.4 is 10.6 Å². The molecule has 0 bridgehead atoms. The lowest BCUT2D eigenvalue weighted by Crippen LogP contribution is -2.40. The van der Waals surface area contributed by atoms with Crippen molar-refractivity contribution < 1.29 is 17.6 Å². The molecule has 1 aromatic heterocycles. The van der Waals surface area contributed by atoms with E-state index in [0.29, 0.717) is 5.89 Å². The van der Waals surface area contributed by atoms with E-state index in [1.54, 1.807) is 0 Å². The highest BCUT2D eigenvalue weighted by Gasteiger charge is 2.29. The molecule has 3 aromatic rings. The number of oxazole rings is 1. The lowest BCUT2D eigenvalue weighted by molar-refractivity contribution is -0.114. The van der Waals surface area contributed by atoms with Crippen molar-refractivity contribution in [1.29, 1.82) is 0 Å². The average Bonchev–Trinajstić information content (AvgIpc) is 3.24. The maximum absolute atomic E-state index is 12.7. The van der Waals surface area contributed by atoms with Crippen LogP contribution >= 0.6 is 11.6 Å². The fourth-order valence-corrected chi connectivity index (χ4v) is 4.44. The van der Waals surface area contributed by atoms with E-state index in [4.69, 9.17) is 16.0 Å². The van der Waals surface area contributed by atoms with Crippen molar-refractivity contribution in [1.82, 2.24) is 10.3 Å². The summed E-state index contributed by atoms with van der Waals surface area (Å²) in [6.07, 6.45) is 2.99. The first-order valence-corrected chi connectivity index (χ1v) is 10.8. The average molecular weight is 445 g/mol. The van der Waals surface area contributed by atoms with Gasteiger partial charge in [-0.1, -0.05) is 41.4 Å². The highest BCUT2D eigenvalue weighted by atomic mass is 35.5. The van der Waals surface area contributed by atoms with Crippen molar-refractivity contribution in [3.05, 3.63) is 77.0 Å². The number of rotatable bonds is 5. The highest BCUT2D eigenvalue weighted by molar-refractivity contribution is 7.90. The number of fused-ring (bicyclic) bond motifs is 1. The van der Waals surface area contributed by atoms with E-state index in [1.807, 2.05) is 31.2 Å². The number of carbonyl (C=O) groups excluding carboxylic acids is 1. The van der Waals surface area contributed by atoms with Crippen molar-refractivity contribution in [2.75, 3.05) is 11.9 Å². The SMILES string of the molecule is Cc1ccc(C(CNC(=O)C2=NS(=O)(=O)c3cc(Cl)ccc3N2)c2ncco2)cc1. The minimum Gasteiger partial charge on any atom is -0.448 e. The second-order valence-corrected chi connectivity index (χ2v) is 8.73. The van der Waals surface area contributed by atoms with E-state index in [-0.39, 0.29) is 33.9 Å². The summed E-state index contributed by atoms with van der Waals surface area (Å²) >= 11 is 5.87. The van der Waals surface area contributed by atoms with E-state index in [2.05, 4.69) is 20.0 Å². The van der Waals surface area contributed by atoms with Crippen LogP contribution in [0.3, 0.4) is 0 Å². The third-order valence-electron chi connectivity index (χ3n) is 4.60. The highest BCUT2D eigenvalue weighted by Crippen LogP contribution is 2.30. The summed E-state index contributed by atoms with van der Waals surface area (Å²) in [5.74, 6) is -0.899. The van der Waals surface area contributed by atoms with Crippen molar-refractivity contribution in [3.63, 3.8) is 0 Å². The Hall–Kier alpha value is -3.17. The summed E-state index contributed by atoms with van der Waals surface area (Å²) in [7, 11) is -4.05. The van der Waals surface area contributed by atoms with E-state index in [9.17, 15) is 13.2 Å². The van der Waals surface area contributed by atoms with Crippen LogP contribution in [-0.4, -0.2) is 31.7 Å². The zero-order valence-electron chi connectivity index (χ0n) is 15.8. The molecule has 4 rings (SSSR count). The van der Waals surface area contributed by atoms with Gasteiger partial charge < -0.3 is 15.1 Å². The molecule has 2 heterocycles. The molecule has 10 heteroatoms. The van der Waals surface area contributed by atoms with Crippen LogP contribution in [0.25, 0.3) is 0 Å². The fourth-order valence-electron chi connectivity index (χ4n) is 3.06. The molecule has 154 valence electrons. The topological polar surface area (TPSA) is 114 Å². The van der Waals surface area contributed by atoms with Crippen LogP contribution in [0, 0.1) is 6.92 Å². The lowest BCUT2D eigenvalue weighted by atomic mass is 9.98. The quantitative estimate of drug-likeness (QED) is 0.625. The molecule has 0 aliphatic carbocycles. The van der Waals surface area contributed by atoms with Crippen molar-refractivity contribution in [2.24, 2.45) is 4.40 Å². The number of aromatic nitrogens is 1. The number of sulfonamides is 1. The zero-order chi connectivity index (χ0) is 21.3. The molecule has 0 saturated carbocycles. The van der Waals surface area contributed by atoms with E-state index >= 15 is 0 Å². The molecule has 0 radical (unpaired) electrons. The molecule has 0 saturated heterocycles. The molecule has 30 heavy (non-hydrogen) atoms. The predicted octanol–water partition coefficient (Wildman–Crippen LogP) is 3.10. The molecule has 1 aliphatic rings. The van der Waals surface area contributed by atoms with Gasteiger partial charge in [0.25, 0.3) is 15.9 Å². The molecule has 1 atom stereocenters. The Morgan fingerprint density at radius 2 is 2.00 bits per heavy atom. The molecular formula is C20H17ClN4O4S. The molecule has 1 amide bonds. The van der Waals surface area contributed by atoms with Crippen molar-refractivity contribution in [3.8, 4) is 0 Å². The van der Waals surface area contributed by atoms with Gasteiger partial charge in [0, 0.05) is 11.6 Å². The molecule has 2 aromatic carbocycles. The molecule has 0 spiro atoms. The summed E-state index contributed by atoms with van der Waals surface area (Å²) in [5.41, 5.74) is 2.23. The van der Waals surface area contributed by atoms with Gasteiger partial charge in [-0.3, -0.25) is 4.79 Å². The number of carbonyl (C=O) groups is 1. The fraction of sp³-hybridized carbons (Fsp3) is 0.150. The summed E-state index contributed by atoms with van der Waals surface area (Å²) < 4.78 is 33.9. The first-order valence-electron chi connectivity index (χ1n) is 8.99. The maximum atomic E-state index is 12.7. The number of benzene rings is 2. The van der Waals surface area contributed by atoms with Crippen LogP contribution in [0.15, 0.2) is 68.6 Å². The monoisotopic (exact) mass is 444 g/mol. The number of halogens is 1. The Morgan fingerprint density at radius 3 is 2.70 bits per heavy atom. The maximum Gasteiger partial charge on any atom is 0.287 e. The number of nitrogens with zero attached hydrogens (tertiary/aromatic N) is 2. The van der Waals surface area contributed by atoms with Crippen LogP contribution in [0.1, 0.15) is 22.9 Å². The number of amides is 1. The van der Waals surface area contributed by atoms with E-state index in [0.717, 1.165) is 11.1 Å². The van der Waals surface area contributed by atoms with Gasteiger partial charge in [-0.05, 0) is 30.7 Å². The Morgan fingerprint density at radius 1 is 1.23 bits per heavy atom. The summed E-state index contributed by atoms with van der Waals surface area (Å²) in [5, 5.41) is 5.72. The van der Waals surface area contributed by atoms with Gasteiger partial charge in [0.2, 0.25) is 11.7 Å². The van der Waals surface area contributed by atoms with Crippen LogP contribution in [0.4, 0.5) is 5.69 Å². The number of anilines is 1. The number of hydrogen-bond donors (Lipinski definition) is 2. The van der Waals surface area contributed by atoms with Crippen LogP contribution in [-0.2, 0) is 14.8 Å². The molecule has 0 fully saturated rings. The summed E-state index contributed by atoms with van der Waals surface area (Å²) in [4.78, 5) is 16.8. The Bertz CT molecular complexity index is 1220. The zero-order valence-corrected chi connectivity index (χ0v) is 17.4. The van der Waals surface area contributed by atoms with Gasteiger partial charge in [-0.25, -0.2) is 4.98 Å². The molecular weight excluding hydrogens is 428 g/mol. The van der Waals surface area contributed by atoms with Gasteiger partial charge in [-0.15, -0.1) is 4.40 Å². The smallest absolute Gasteiger partial charge is 0.287 e. The summed E-state index contributed by atoms with van der Waals surface area (Å²) in [6, 6.07) is 12.1. The first kappa shape index (κ1) is 20.1. The van der Waals surface area contributed by atoms with Gasteiger partial charge in [0.05, 0.1) is 17.8 Å². The lowest BCUT2D eigenvalue weighted by Gasteiger charge is -2.19. The number of amidine groups is 1. The van der Waals surface area contributed by atoms with Crippen LogP contribution in [0.2, 0.25) is 5.02 Å². The Balaban J connectivity index is 1.55. The second-order valence-electron chi connectivity index (χ2n) is 6.72. The van der Waals surface area contributed by atoms with Gasteiger partial charge in [0.1, 0.15) is 11.2 Å². The van der Waals surface area contributed by atoms with Gasteiger partial charge in [0.15, 0.2) is 0 Å². The third kappa shape index (κ3) is 4.07. The normalized spacial score (nSPS) is 15.5. The van der Waals surface area contributed by atoms with E-state index in [1.165, 1.54) is 30.7 Å². The standard InChI is InChI=1S/C20H17ClN4O4S/c1-12-2-4-13(5-3-12)15(20-22-8-9-29-20)11-23-19(26)18-24-16-7-6-14(21)10-17(16)30(27,28)25-18/h2-10,15H,11H2,1H3,(H,23,26)(H,24,25). The second kappa shape index (κ2) is 7.92. The van der Waals surface area contributed by atoms with Crippen LogP contribution in [0.5, 0.6) is 0 Å². The van der Waals surface area contributed by atoms with Gasteiger partial charge in [-0.2, -0.15) is 8.42 Å². The number of nitrogens with one attached hydrogen (secondary N) is 2. The minimum absolute atomic E-state index is 0.0798. The molecule has 8 nitrogen and oxygen atoms in total. The van der Waals surface area contributed by atoms with Crippen molar-refractivity contribution >= 4 is 39.1 Å². The number of aryl methyl sites for hydroxylation is 1. The predicted molar refractivity (Wildman–Crippen MR) is 112 cm³/mol. The third-order valence-corrected chi connectivity index (χ3v) is 6.15. The number of hydrogen-bond acceptors (Lipinski definition) is 6. The first-order chi connectivity index (χ1) is 14.3. The Labute approximate surface area is 178 Å². The Kier molecular flexibility index (Phi) is 5.31. The molecule has 2 N–H and O–H groups in total. The minimum atomic E-state index is -4.05. The van der Waals surface area contributed by atoms with E-state index < -0.39 is 15.9 Å². The van der Waals surface area contributed by atoms with Crippen molar-refractivity contribution in [2.45, 2.75) is 17.7 Å². The molecule has 1 aliphatic heterocycles. The van der Waals surface area contributed by atoms with Gasteiger partial charge >= 0.3 is 0 Å². The largest absolute Gasteiger partial charge is 0.448 e.